The third-order valence-electron chi connectivity index (χ3n) is 1.06. The summed E-state index contributed by atoms with van der Waals surface area (Å²) in [4.78, 5) is 2.54. The summed E-state index contributed by atoms with van der Waals surface area (Å²) in [7, 11) is 0. The Balaban J connectivity index is 3.17. The maximum Gasteiger partial charge on any atom is 0.0775 e. The van der Waals surface area contributed by atoms with E-state index < -0.39 is 0 Å². The maximum absolute atomic E-state index is 5.43. The number of hydrogen-bond donors (Lipinski definition) is 1. The summed E-state index contributed by atoms with van der Waals surface area (Å²) in [6, 6.07) is 5.75. The van der Waals surface area contributed by atoms with Gasteiger partial charge in [0.15, 0.2) is 0 Å². The number of halogens is 3. The van der Waals surface area contributed by atoms with Crippen LogP contribution in [0.1, 0.15) is 0 Å². The monoisotopic (exact) mass is 283 g/mol. The van der Waals surface area contributed by atoms with E-state index in [0.717, 1.165) is 14.6 Å². The summed E-state index contributed by atoms with van der Waals surface area (Å²) >= 11 is 12.1. The number of hydrogen-bond acceptors (Lipinski definition) is 1. The molecule has 0 radical (unpaired) electrons. The van der Waals surface area contributed by atoms with Crippen LogP contribution in [0.5, 0.6) is 0 Å². The first-order chi connectivity index (χ1) is 4.75. The first-order valence-electron chi connectivity index (χ1n) is 2.56. The zero-order valence-corrected chi connectivity index (χ0v) is 8.79. The number of para-hydroxylation sites is 1. The SMILES string of the molecule is ClNc1c(Br)cccc1Br. The standard InChI is InChI=1S/C6H4Br2ClN/c7-4-2-1-3-5(8)6(4)10-9/h1-3,10H. The first kappa shape index (κ1) is 8.37. The molecule has 0 heterocycles. The van der Waals surface area contributed by atoms with Crippen LogP contribution < -0.4 is 4.84 Å². The van der Waals surface area contributed by atoms with Gasteiger partial charge in [0, 0.05) is 20.7 Å². The Morgan fingerprint density at radius 2 is 1.70 bits per heavy atom. The lowest BCUT2D eigenvalue weighted by atomic mass is 10.3. The van der Waals surface area contributed by atoms with Crippen molar-refractivity contribution in [3.05, 3.63) is 27.1 Å². The summed E-state index contributed by atoms with van der Waals surface area (Å²) in [6.07, 6.45) is 0. The molecule has 54 valence electrons. The van der Waals surface area contributed by atoms with Gasteiger partial charge in [-0.1, -0.05) is 6.07 Å². The van der Waals surface area contributed by atoms with Gasteiger partial charge >= 0.3 is 0 Å². The maximum atomic E-state index is 5.43. The smallest absolute Gasteiger partial charge is 0.0775 e. The van der Waals surface area contributed by atoms with Crippen molar-refractivity contribution < 1.29 is 0 Å². The van der Waals surface area contributed by atoms with Gasteiger partial charge in [0.1, 0.15) is 0 Å². The minimum absolute atomic E-state index is 0.851. The highest BCUT2D eigenvalue weighted by Gasteiger charge is 2.00. The van der Waals surface area contributed by atoms with E-state index in [4.69, 9.17) is 11.8 Å². The zero-order chi connectivity index (χ0) is 7.56. The lowest BCUT2D eigenvalue weighted by Crippen LogP contribution is -1.82. The third-order valence-corrected chi connectivity index (χ3v) is 2.57. The van der Waals surface area contributed by atoms with Gasteiger partial charge in [-0.05, 0) is 44.0 Å². The molecule has 0 fully saturated rings. The second kappa shape index (κ2) is 3.60. The molecular weight excluding hydrogens is 281 g/mol. The average molecular weight is 285 g/mol. The lowest BCUT2D eigenvalue weighted by Gasteiger charge is -2.02. The summed E-state index contributed by atoms with van der Waals surface area (Å²) < 4.78 is 1.88. The molecule has 0 aromatic heterocycles. The topological polar surface area (TPSA) is 12.0 Å². The molecule has 1 N–H and O–H groups in total. The summed E-state index contributed by atoms with van der Waals surface area (Å²) in [5.74, 6) is 0. The number of rotatable bonds is 1. The van der Waals surface area contributed by atoms with E-state index in [-0.39, 0.29) is 0 Å². The van der Waals surface area contributed by atoms with Crippen molar-refractivity contribution in [3.63, 3.8) is 0 Å². The van der Waals surface area contributed by atoms with Gasteiger partial charge in [0.25, 0.3) is 0 Å². The molecule has 0 spiro atoms. The number of benzene rings is 1. The van der Waals surface area contributed by atoms with E-state index in [1.165, 1.54) is 0 Å². The molecule has 0 atom stereocenters. The van der Waals surface area contributed by atoms with E-state index in [1.54, 1.807) is 0 Å². The molecule has 0 amide bonds. The van der Waals surface area contributed by atoms with Gasteiger partial charge in [0.05, 0.1) is 5.69 Å². The molecule has 1 aromatic rings. The fourth-order valence-electron chi connectivity index (χ4n) is 0.588. The Bertz CT molecular complexity index is 219. The summed E-state index contributed by atoms with van der Waals surface area (Å²) in [6.45, 7) is 0. The van der Waals surface area contributed by atoms with E-state index in [9.17, 15) is 0 Å². The van der Waals surface area contributed by atoms with Crippen LogP contribution in [-0.2, 0) is 0 Å². The minimum atomic E-state index is 0.851. The molecule has 0 aliphatic heterocycles. The van der Waals surface area contributed by atoms with Gasteiger partial charge < -0.3 is 0 Å². The highest BCUT2D eigenvalue weighted by Crippen LogP contribution is 2.30. The Labute approximate surface area is 81.1 Å². The van der Waals surface area contributed by atoms with E-state index in [1.807, 2.05) is 18.2 Å². The Hall–Kier alpha value is 0.270. The molecule has 4 heteroatoms. The number of nitrogens with one attached hydrogen (secondary N) is 1. The lowest BCUT2D eigenvalue weighted by molar-refractivity contribution is 1.58. The third kappa shape index (κ3) is 1.65. The molecule has 0 aliphatic rings. The zero-order valence-electron chi connectivity index (χ0n) is 4.87. The fraction of sp³-hybridized carbons (Fsp3) is 0. The predicted octanol–water partition coefficient (Wildman–Crippen LogP) is 3.78. The molecule has 0 unspecified atom stereocenters. The van der Waals surface area contributed by atoms with Crippen LogP contribution in [0.15, 0.2) is 27.1 Å². The molecule has 1 aromatic carbocycles. The van der Waals surface area contributed by atoms with Gasteiger partial charge in [-0.15, -0.1) is 0 Å². The van der Waals surface area contributed by atoms with Gasteiger partial charge in [0.2, 0.25) is 0 Å². The molecule has 0 saturated carbocycles. The van der Waals surface area contributed by atoms with Crippen LogP contribution >= 0.6 is 43.6 Å². The normalized spacial score (nSPS) is 9.50. The van der Waals surface area contributed by atoms with Crippen LogP contribution in [0.25, 0.3) is 0 Å². The largest absolute Gasteiger partial charge is 0.296 e. The van der Waals surface area contributed by atoms with E-state index in [2.05, 4.69) is 36.7 Å². The van der Waals surface area contributed by atoms with Gasteiger partial charge in [-0.3, -0.25) is 4.84 Å². The quantitative estimate of drug-likeness (QED) is 0.774. The highest BCUT2D eigenvalue weighted by atomic mass is 79.9. The second-order valence-corrected chi connectivity index (χ2v) is 3.59. The number of anilines is 1. The molecule has 0 saturated heterocycles. The summed E-state index contributed by atoms with van der Waals surface area (Å²) in [5.41, 5.74) is 0.851. The van der Waals surface area contributed by atoms with Crippen molar-refractivity contribution in [1.29, 1.82) is 0 Å². The van der Waals surface area contributed by atoms with Crippen LogP contribution in [0.3, 0.4) is 0 Å². The highest BCUT2D eigenvalue weighted by molar-refractivity contribution is 9.11. The van der Waals surface area contributed by atoms with Crippen molar-refractivity contribution in [2.24, 2.45) is 0 Å². The summed E-state index contributed by atoms with van der Waals surface area (Å²) in [5, 5.41) is 0. The molecule has 1 nitrogen and oxygen atoms in total. The average Bonchev–Trinajstić information content (AvgIpc) is 1.88. The molecule has 0 bridgehead atoms. The Morgan fingerprint density at radius 1 is 1.20 bits per heavy atom. The van der Waals surface area contributed by atoms with Crippen LogP contribution in [0.4, 0.5) is 5.69 Å². The van der Waals surface area contributed by atoms with E-state index in [0.29, 0.717) is 0 Å². The molecule has 10 heavy (non-hydrogen) atoms. The minimum Gasteiger partial charge on any atom is -0.296 e. The molecule has 0 aliphatic carbocycles. The van der Waals surface area contributed by atoms with Gasteiger partial charge in [-0.25, -0.2) is 0 Å². The Kier molecular flexibility index (Phi) is 3.01. The second-order valence-electron chi connectivity index (χ2n) is 1.69. The van der Waals surface area contributed by atoms with Crippen molar-refractivity contribution in [2.75, 3.05) is 4.84 Å². The van der Waals surface area contributed by atoms with Crippen molar-refractivity contribution in [2.45, 2.75) is 0 Å². The van der Waals surface area contributed by atoms with Crippen LogP contribution in [0, 0.1) is 0 Å². The molecule has 1 rings (SSSR count). The molecular formula is C6H4Br2ClN. The van der Waals surface area contributed by atoms with E-state index >= 15 is 0 Å². The van der Waals surface area contributed by atoms with Gasteiger partial charge in [-0.2, -0.15) is 0 Å². The van der Waals surface area contributed by atoms with Crippen molar-refractivity contribution >= 4 is 49.3 Å². The van der Waals surface area contributed by atoms with Crippen molar-refractivity contribution in [1.82, 2.24) is 0 Å². The fourth-order valence-corrected chi connectivity index (χ4v) is 2.22. The van der Waals surface area contributed by atoms with Crippen molar-refractivity contribution in [3.8, 4) is 0 Å². The van der Waals surface area contributed by atoms with Crippen LogP contribution in [-0.4, -0.2) is 0 Å². The van der Waals surface area contributed by atoms with Crippen LogP contribution in [0.2, 0.25) is 0 Å². The predicted molar refractivity (Wildman–Crippen MR) is 51.3 cm³/mol. The Morgan fingerprint density at radius 3 is 2.00 bits per heavy atom. The first-order valence-corrected chi connectivity index (χ1v) is 4.52.